The predicted octanol–water partition coefficient (Wildman–Crippen LogP) is 13.1. The van der Waals surface area contributed by atoms with Crippen LogP contribution >= 0.6 is 0 Å². The molecule has 0 unspecified atom stereocenters. The van der Waals surface area contributed by atoms with Crippen molar-refractivity contribution in [2.24, 2.45) is 0 Å². The van der Waals surface area contributed by atoms with Crippen LogP contribution in [0.15, 0.2) is 0 Å². The zero-order valence-corrected chi connectivity index (χ0v) is 39.2. The third-order valence-electron chi connectivity index (χ3n) is 11.8. The van der Waals surface area contributed by atoms with Gasteiger partial charge >= 0.3 is 23.9 Å². The second-order valence-corrected chi connectivity index (χ2v) is 17.5. The number of aliphatic hydroxyl groups is 1. The maximum absolute atomic E-state index is 13.4. The van der Waals surface area contributed by atoms with Gasteiger partial charge in [0.1, 0.15) is 12.7 Å². The first kappa shape index (κ1) is 55.8. The zero-order valence-electron chi connectivity index (χ0n) is 39.2. The highest BCUT2D eigenvalue weighted by Gasteiger charge is 2.52. The lowest BCUT2D eigenvalue weighted by atomic mass is 9.98. The average Bonchev–Trinajstić information content (AvgIpc) is 3.23. The normalized spacial score (nSPS) is 18.9. The molecule has 1 N–H and O–H groups in total. The van der Waals surface area contributed by atoms with Crippen molar-refractivity contribution < 1.29 is 48.0 Å². The molecule has 10 heteroatoms. The molecule has 0 aromatic heterocycles. The molecule has 1 rings (SSSR count). The summed E-state index contributed by atoms with van der Waals surface area (Å²) in [6.45, 7) is 8.26. The Bertz CT molecular complexity index is 1050. The number of carbonyl (C=O) groups excluding carboxylic acids is 4. The number of aliphatic hydroxyl groups excluding tert-OH is 1. The van der Waals surface area contributed by atoms with E-state index in [-0.39, 0.29) is 32.3 Å². The molecule has 1 heterocycles. The Balaban J connectivity index is 2.84. The van der Waals surface area contributed by atoms with E-state index < -0.39 is 54.6 Å². The number of ether oxygens (including phenoxy) is 5. The molecule has 1 aliphatic heterocycles. The monoisotopic (exact) mass is 853 g/mol. The van der Waals surface area contributed by atoms with Crippen molar-refractivity contribution in [1.29, 1.82) is 0 Å². The first-order valence-electron chi connectivity index (χ1n) is 25.3. The molecule has 5 atom stereocenters. The van der Waals surface area contributed by atoms with E-state index in [1.807, 2.05) is 13.8 Å². The molecule has 1 saturated heterocycles. The van der Waals surface area contributed by atoms with Gasteiger partial charge in [0.15, 0.2) is 24.6 Å². The summed E-state index contributed by atoms with van der Waals surface area (Å²) in [5, 5.41) is 11.2. The summed E-state index contributed by atoms with van der Waals surface area (Å²) in [4.78, 5) is 52.4. The van der Waals surface area contributed by atoms with Crippen LogP contribution in [0.2, 0.25) is 0 Å². The summed E-state index contributed by atoms with van der Waals surface area (Å²) < 4.78 is 29.1. The average molecular weight is 853 g/mol. The van der Waals surface area contributed by atoms with Gasteiger partial charge in [-0.1, -0.05) is 207 Å². The van der Waals surface area contributed by atoms with E-state index >= 15 is 0 Å². The Morgan fingerprint density at radius 1 is 0.367 bits per heavy atom. The number of rotatable bonds is 41. The molecule has 0 bridgehead atoms. The first-order chi connectivity index (χ1) is 29.3. The molecule has 0 spiro atoms. The molecule has 352 valence electrons. The van der Waals surface area contributed by atoms with Crippen LogP contribution in [0, 0.1) is 0 Å². The quantitative estimate of drug-likeness (QED) is 0.0360. The molecule has 1 aliphatic rings. The van der Waals surface area contributed by atoms with Gasteiger partial charge in [-0.3, -0.25) is 19.2 Å². The van der Waals surface area contributed by atoms with E-state index in [1.165, 1.54) is 116 Å². The van der Waals surface area contributed by atoms with Crippen LogP contribution in [-0.2, 0) is 42.9 Å². The zero-order chi connectivity index (χ0) is 43.9. The van der Waals surface area contributed by atoms with Crippen molar-refractivity contribution in [2.45, 2.75) is 290 Å². The minimum Gasteiger partial charge on any atom is -0.463 e. The Morgan fingerprint density at radius 3 is 1.00 bits per heavy atom. The molecular formula is C50H92O10. The fourth-order valence-electron chi connectivity index (χ4n) is 7.92. The summed E-state index contributed by atoms with van der Waals surface area (Å²) in [6.07, 6.45) is 29.4. The van der Waals surface area contributed by atoms with E-state index in [4.69, 9.17) is 23.7 Å². The van der Waals surface area contributed by atoms with E-state index in [9.17, 15) is 24.3 Å². The molecular weight excluding hydrogens is 761 g/mol. The van der Waals surface area contributed by atoms with Gasteiger partial charge in [-0.15, -0.1) is 0 Å². The summed E-state index contributed by atoms with van der Waals surface area (Å²) in [7, 11) is 0. The minimum atomic E-state index is -1.69. The molecule has 0 aromatic rings. The third-order valence-corrected chi connectivity index (χ3v) is 11.8. The van der Waals surface area contributed by atoms with Gasteiger partial charge in [-0.05, 0) is 25.7 Å². The maximum Gasteiger partial charge on any atom is 0.306 e. The third kappa shape index (κ3) is 29.9. The SMILES string of the molecule is CCCCCCCCCCCCCCCC(=O)O[C@@H]1[C@H](OC(=O)CCCCCCCCCCCCCCC)[C@H](O)O[C@H](COC(=O)CCCCC)[C@H]1OC(=O)CCCCC. The van der Waals surface area contributed by atoms with Gasteiger partial charge in [0.25, 0.3) is 0 Å². The number of esters is 4. The van der Waals surface area contributed by atoms with Crippen LogP contribution in [0.3, 0.4) is 0 Å². The number of hydrogen-bond donors (Lipinski definition) is 1. The van der Waals surface area contributed by atoms with Crippen LogP contribution in [-0.4, -0.2) is 66.3 Å². The van der Waals surface area contributed by atoms with Crippen molar-refractivity contribution in [3.05, 3.63) is 0 Å². The molecule has 0 radical (unpaired) electrons. The predicted molar refractivity (Wildman–Crippen MR) is 240 cm³/mol. The van der Waals surface area contributed by atoms with Gasteiger partial charge in [0, 0.05) is 25.7 Å². The van der Waals surface area contributed by atoms with Crippen molar-refractivity contribution in [3.8, 4) is 0 Å². The largest absolute Gasteiger partial charge is 0.463 e. The van der Waals surface area contributed by atoms with E-state index in [0.29, 0.717) is 25.7 Å². The van der Waals surface area contributed by atoms with E-state index in [0.717, 1.165) is 64.2 Å². The van der Waals surface area contributed by atoms with Crippen LogP contribution in [0.5, 0.6) is 0 Å². The van der Waals surface area contributed by atoms with Crippen LogP contribution < -0.4 is 0 Å². The van der Waals surface area contributed by atoms with Crippen molar-refractivity contribution in [2.75, 3.05) is 6.61 Å². The van der Waals surface area contributed by atoms with E-state index in [2.05, 4.69) is 13.8 Å². The maximum atomic E-state index is 13.4. The van der Waals surface area contributed by atoms with Gasteiger partial charge in [0.2, 0.25) is 0 Å². The molecule has 60 heavy (non-hydrogen) atoms. The lowest BCUT2D eigenvalue weighted by Gasteiger charge is -2.43. The van der Waals surface area contributed by atoms with Gasteiger partial charge < -0.3 is 28.8 Å². The van der Waals surface area contributed by atoms with Crippen molar-refractivity contribution >= 4 is 23.9 Å². The van der Waals surface area contributed by atoms with Crippen LogP contribution in [0.25, 0.3) is 0 Å². The Hall–Kier alpha value is -2.20. The highest BCUT2D eigenvalue weighted by Crippen LogP contribution is 2.30. The second kappa shape index (κ2) is 39.6. The minimum absolute atomic E-state index is 0.138. The van der Waals surface area contributed by atoms with Crippen LogP contribution in [0.4, 0.5) is 0 Å². The molecule has 0 amide bonds. The number of carbonyl (C=O) groups is 4. The second-order valence-electron chi connectivity index (χ2n) is 17.5. The summed E-state index contributed by atoms with van der Waals surface area (Å²) in [5.41, 5.74) is 0. The van der Waals surface area contributed by atoms with Crippen LogP contribution in [0.1, 0.15) is 259 Å². The van der Waals surface area contributed by atoms with Gasteiger partial charge in [-0.2, -0.15) is 0 Å². The van der Waals surface area contributed by atoms with E-state index in [1.54, 1.807) is 0 Å². The molecule has 1 fully saturated rings. The smallest absolute Gasteiger partial charge is 0.306 e. The summed E-state index contributed by atoms with van der Waals surface area (Å²) in [5.74, 6) is -2.03. The highest BCUT2D eigenvalue weighted by atomic mass is 16.7. The van der Waals surface area contributed by atoms with Crippen molar-refractivity contribution in [1.82, 2.24) is 0 Å². The number of hydrogen-bond acceptors (Lipinski definition) is 10. The van der Waals surface area contributed by atoms with Crippen molar-refractivity contribution in [3.63, 3.8) is 0 Å². The standard InChI is InChI=1S/C50H92O10/c1-5-9-13-15-17-19-21-23-25-27-29-31-35-39-45(53)59-48-47(58-44(52)38-34-12-8-4)42(41-56-43(51)37-33-11-7-3)57-50(55)49(48)60-46(54)40-36-32-30-28-26-24-22-20-18-16-14-10-6-2/h42,47-50,55H,5-41H2,1-4H3/t42-,47-,48+,49+,50-/m1/s1. The highest BCUT2D eigenvalue weighted by molar-refractivity contribution is 5.72. The summed E-state index contributed by atoms with van der Waals surface area (Å²) in [6, 6.07) is 0. The molecule has 0 aliphatic carbocycles. The summed E-state index contributed by atoms with van der Waals surface area (Å²) >= 11 is 0. The number of unbranched alkanes of at least 4 members (excludes halogenated alkanes) is 28. The molecule has 10 nitrogen and oxygen atoms in total. The Labute approximate surface area is 367 Å². The van der Waals surface area contributed by atoms with Gasteiger partial charge in [-0.25, -0.2) is 0 Å². The van der Waals surface area contributed by atoms with Gasteiger partial charge in [0.05, 0.1) is 0 Å². The molecule has 0 saturated carbocycles. The lowest BCUT2D eigenvalue weighted by Crippen LogP contribution is -2.62. The molecule has 0 aromatic carbocycles. The Morgan fingerprint density at radius 2 is 0.633 bits per heavy atom. The fourth-order valence-corrected chi connectivity index (χ4v) is 7.92. The Kier molecular flexibility index (Phi) is 36.9. The first-order valence-corrected chi connectivity index (χ1v) is 25.3. The lowest BCUT2D eigenvalue weighted by molar-refractivity contribution is -0.297. The topological polar surface area (TPSA) is 135 Å². The fraction of sp³-hybridized carbons (Fsp3) is 0.920.